The molecular weight excluding hydrogens is 1960 g/mol. The third kappa shape index (κ3) is 26.4. The molecule has 7 aliphatic heterocycles. The molecule has 0 saturated heterocycles. The minimum absolute atomic E-state index is 0.0501. The van der Waals surface area contributed by atoms with Crippen molar-refractivity contribution in [3.8, 4) is 5.75 Å². The zero-order valence-corrected chi connectivity index (χ0v) is 87.8. The van der Waals surface area contributed by atoms with E-state index in [1.54, 1.807) is 102 Å². The first kappa shape index (κ1) is 105. The molecule has 1 unspecified atom stereocenters. The Kier molecular flexibility index (Phi) is 35.3. The Morgan fingerprint density at radius 1 is 0.364 bits per heavy atom. The van der Waals surface area contributed by atoms with Crippen LogP contribution in [-0.2, 0) is 126 Å². The second kappa shape index (κ2) is 48.0. The molecule has 0 fully saturated rings. The molecule has 0 radical (unpaired) electrons. The molecule has 1 atom stereocenters. The minimum atomic E-state index is -4.39. The SMILES string of the molecule is CB1OCc2cc(N(S(=O)(=O)c3ccccc3)S(=O)(=O)c3ccccc3)ccc21.CB1OCc2ccc(S(=O)(=O)c3ccc(Cl)cc3)cc21.CB1OCc2ccc(S(=O)c3ccc(C)cc3)cc21.CB1OCc2ccc(Sc3ccc(C)cc3)cc21.CSc1ccc(Sc2ccc3c(c2)B(C)OC3)cc1.Cc1ccc(Sc2ccc3c(c2)B(O)OC3)cc1.[C-]#[N+]c1cccc(COc2ccc3c(c2)COB3C)c1. The quantitative estimate of drug-likeness (QED) is 0.0451. The Morgan fingerprint density at radius 2 is 0.741 bits per heavy atom. The van der Waals surface area contributed by atoms with Crippen molar-refractivity contribution in [1.29, 1.82) is 0 Å². The van der Waals surface area contributed by atoms with Gasteiger partial charge >= 0.3 is 48.6 Å². The number of sulfonamides is 2. The predicted octanol–water partition coefficient (Wildman–Crippen LogP) is 20.6. The summed E-state index contributed by atoms with van der Waals surface area (Å²) in [5.41, 5.74) is 21.2. The number of sulfone groups is 1. The molecule has 18 nitrogen and oxygen atoms in total. The Bertz CT molecular complexity index is 7320. The maximum atomic E-state index is 13.4. The van der Waals surface area contributed by atoms with E-state index in [1.807, 2.05) is 142 Å². The van der Waals surface area contributed by atoms with Crippen molar-refractivity contribution in [2.45, 2.75) is 178 Å². The van der Waals surface area contributed by atoms with Gasteiger partial charge in [-0.3, -0.25) is 0 Å². The Balaban J connectivity index is 0.000000121. The highest BCUT2D eigenvalue weighted by molar-refractivity contribution is 8.10. The maximum absolute atomic E-state index is 13.4. The average Bonchev–Trinajstić information content (AvgIpc) is 1.03. The molecule has 0 aliphatic carbocycles. The minimum Gasteiger partial charge on any atom is -0.489 e. The average molecular weight is 2060 g/mol. The Labute approximate surface area is 867 Å². The summed E-state index contributed by atoms with van der Waals surface area (Å²) >= 11 is 12.9. The zero-order valence-electron chi connectivity index (χ0n) is 80.6. The fraction of sp³-hybridized carbons (Fsp3) is 0.165. The fourth-order valence-electron chi connectivity index (χ4n) is 16.7. The van der Waals surface area contributed by atoms with Crippen LogP contribution in [0.5, 0.6) is 5.75 Å². The standard InChI is InChI=1S/C20H18BNO5S2.C16H14BNO2.C15H15BO2S.C15H15BOS2.C15H15BOS.C14H12BClO3S.C14H13BO2S/c1-21-20-13-12-17(14-16(20)15-27-21)22(28(23,24)18-8-4-2-5-9-18)29(25,26)19-10-6-3-7-11-19;1-17-16-7-6-15(9-13(16)11-20-17)19-10-12-4-3-5-14(8-12)18-2;1-11-3-6-13(7-4-11)19(17)14-8-5-12-10-18-16(2)15(12)9-14;1-16-15-9-14(4-3-11(15)10-17-16)19-13-7-5-12(18-2)6-8-13;1-11-3-6-13(7-4-11)18-14-8-5-12-10-17-16(2)15(12)9-14;1-15-14-8-13(5-2-10(14)9-19-15)20(17,18)12-6-3-11(16)4-7-12;1-10-2-5-12(6-3-10)18-13-7-4-11-9-17-15(16)14(11)8-13/h2-14H,15H2,1H3;3-9H,10-11H2,1H3;2*3-9H,10H2,1-2H3;3-9H,10H2,1-2H3;2-8H,9H2,1H3;2-8,16H,9H2,1H3. The van der Waals surface area contributed by atoms with Gasteiger partial charge in [-0.1, -0.05) is 250 Å². The summed E-state index contributed by atoms with van der Waals surface area (Å²) in [4.78, 5) is 14.2. The number of ether oxygens (including phenoxy) is 1. The number of aryl methyl sites for hydroxylation is 3. The van der Waals surface area contributed by atoms with E-state index in [9.17, 15) is 34.5 Å². The van der Waals surface area contributed by atoms with Crippen LogP contribution in [0.15, 0.2) is 397 Å². The van der Waals surface area contributed by atoms with Crippen molar-refractivity contribution in [3.63, 3.8) is 0 Å². The first-order chi connectivity index (χ1) is 68.9. The fourth-order valence-corrected chi connectivity index (χ4v) is 26.0. The summed E-state index contributed by atoms with van der Waals surface area (Å²) in [5.74, 6) is 0.842. The number of fused-ring (bicyclic) bond motifs is 7. The number of anilines is 1. The van der Waals surface area contributed by atoms with Crippen molar-refractivity contribution in [2.24, 2.45) is 0 Å². The van der Waals surface area contributed by atoms with Crippen LogP contribution in [0.3, 0.4) is 0 Å². The molecule has 0 bridgehead atoms. The Hall–Kier alpha value is -10.8. The molecule has 720 valence electrons. The monoisotopic (exact) mass is 2060 g/mol. The normalized spacial score (nSPS) is 14.0. The van der Waals surface area contributed by atoms with Crippen LogP contribution in [0.4, 0.5) is 11.4 Å². The molecule has 0 spiro atoms. The second-order valence-electron chi connectivity index (χ2n) is 35.0. The maximum Gasteiger partial charge on any atom is 0.491 e. The molecule has 143 heavy (non-hydrogen) atoms. The van der Waals surface area contributed by atoms with E-state index in [0.29, 0.717) is 54.1 Å². The van der Waals surface area contributed by atoms with Crippen molar-refractivity contribution >= 4 is 198 Å². The van der Waals surface area contributed by atoms with E-state index in [0.717, 1.165) is 77.8 Å². The van der Waals surface area contributed by atoms with Crippen LogP contribution in [0.25, 0.3) is 4.85 Å². The lowest BCUT2D eigenvalue weighted by Gasteiger charge is -2.24. The van der Waals surface area contributed by atoms with Crippen LogP contribution in [0.1, 0.15) is 61.2 Å². The number of halogens is 1. The topological polar surface area (TPSA) is 221 Å². The third-order valence-corrected chi connectivity index (χ3v) is 36.3. The molecule has 0 saturated carbocycles. The molecular formula is C109H102B7ClN2O16S8. The molecule has 7 heterocycles. The van der Waals surface area contributed by atoms with E-state index in [-0.39, 0.29) is 66.8 Å². The summed E-state index contributed by atoms with van der Waals surface area (Å²) in [6.45, 7) is 30.6. The van der Waals surface area contributed by atoms with Crippen LogP contribution >= 0.6 is 58.6 Å². The number of rotatable bonds is 19. The van der Waals surface area contributed by atoms with E-state index in [1.165, 1.54) is 127 Å². The van der Waals surface area contributed by atoms with Gasteiger partial charge in [-0.25, -0.2) is 34.3 Å². The first-order valence-electron chi connectivity index (χ1n) is 46.6. The molecule has 34 heteroatoms. The molecule has 0 aromatic heterocycles. The molecule has 15 aromatic carbocycles. The number of nitrogens with zero attached hydrogens (tertiary/aromatic N) is 2. The van der Waals surface area contributed by atoms with Crippen LogP contribution in [0.2, 0.25) is 46.0 Å². The van der Waals surface area contributed by atoms with E-state index in [4.69, 9.17) is 55.5 Å². The molecule has 22 rings (SSSR count). The summed E-state index contributed by atoms with van der Waals surface area (Å²) in [6, 6.07) is 104. The third-order valence-electron chi connectivity index (χ3n) is 24.9. The highest BCUT2D eigenvalue weighted by atomic mass is 35.5. The summed E-state index contributed by atoms with van der Waals surface area (Å²) in [6.07, 6.45) is 2.10. The van der Waals surface area contributed by atoms with Gasteiger partial charge in [0.2, 0.25) is 9.84 Å². The summed E-state index contributed by atoms with van der Waals surface area (Å²) in [5, 5.41) is 10.2. The first-order valence-corrected chi connectivity index (χ1v) is 56.2. The molecule has 15 aromatic rings. The smallest absolute Gasteiger partial charge is 0.489 e. The number of benzene rings is 15. The van der Waals surface area contributed by atoms with Gasteiger partial charge in [0.05, 0.1) is 88.9 Å². The second-order valence-corrected chi connectivity index (χ2v) is 47.0. The van der Waals surface area contributed by atoms with Gasteiger partial charge in [0, 0.05) is 49.1 Å². The van der Waals surface area contributed by atoms with Gasteiger partial charge in [0.15, 0.2) is 5.69 Å². The van der Waals surface area contributed by atoms with Gasteiger partial charge in [-0.15, -0.1) is 11.8 Å². The summed E-state index contributed by atoms with van der Waals surface area (Å²) in [7, 11) is -14.2. The zero-order chi connectivity index (χ0) is 101. The number of hydrogen-bond donors (Lipinski definition) is 1. The van der Waals surface area contributed by atoms with Crippen molar-refractivity contribution in [3.05, 3.63) is 411 Å². The van der Waals surface area contributed by atoms with Crippen molar-refractivity contribution in [2.75, 3.05) is 9.97 Å². The largest absolute Gasteiger partial charge is 0.491 e. The molecule has 1 N–H and O–H groups in total. The van der Waals surface area contributed by atoms with E-state index < -0.39 is 47.8 Å². The van der Waals surface area contributed by atoms with Crippen molar-refractivity contribution in [1.82, 2.24) is 0 Å². The van der Waals surface area contributed by atoms with Crippen LogP contribution < -0.4 is 46.7 Å². The molecule has 0 amide bonds. The number of thioether (sulfide) groups is 1. The lowest BCUT2D eigenvalue weighted by Crippen LogP contribution is -2.37. The van der Waals surface area contributed by atoms with E-state index >= 15 is 0 Å². The predicted molar refractivity (Wildman–Crippen MR) is 586 cm³/mol. The molecule has 7 aliphatic rings. The highest BCUT2D eigenvalue weighted by Gasteiger charge is 2.39. The lowest BCUT2D eigenvalue weighted by atomic mass is 9.64. The van der Waals surface area contributed by atoms with Gasteiger partial charge in [0.25, 0.3) is 20.0 Å². The van der Waals surface area contributed by atoms with Crippen LogP contribution in [0, 0.1) is 27.3 Å². The lowest BCUT2D eigenvalue weighted by molar-refractivity contribution is 0.275. The van der Waals surface area contributed by atoms with Gasteiger partial charge < -0.3 is 42.3 Å². The van der Waals surface area contributed by atoms with Gasteiger partial charge in [0.1, 0.15) is 12.4 Å². The van der Waals surface area contributed by atoms with Gasteiger partial charge in [-0.2, -0.15) is 3.71 Å². The highest BCUT2D eigenvalue weighted by Crippen LogP contribution is 2.37. The van der Waals surface area contributed by atoms with E-state index in [2.05, 4.69) is 167 Å². The Morgan fingerprint density at radius 3 is 1.22 bits per heavy atom. The van der Waals surface area contributed by atoms with Crippen molar-refractivity contribution < 1.29 is 71.8 Å². The van der Waals surface area contributed by atoms with Crippen LogP contribution in [-0.4, -0.2) is 89.4 Å². The van der Waals surface area contributed by atoms with Gasteiger partial charge in [-0.05, 0) is 298 Å². The summed E-state index contributed by atoms with van der Waals surface area (Å²) < 4.78 is 136. The number of hydrogen-bond acceptors (Lipinski definition) is 20.